The monoisotopic (exact) mass is 246 g/mol. The highest BCUT2D eigenvalue weighted by molar-refractivity contribution is 5.89. The molecule has 0 radical (unpaired) electrons. The lowest BCUT2D eigenvalue weighted by Gasteiger charge is -2.13. The van der Waals surface area contributed by atoms with Crippen LogP contribution in [0.25, 0.3) is 10.9 Å². The molecule has 0 amide bonds. The van der Waals surface area contributed by atoms with E-state index in [2.05, 4.69) is 56.2 Å². The molecule has 3 heteroatoms. The molecule has 0 fully saturated rings. The molecule has 2 rings (SSSR count). The number of fused-ring (bicyclic) bond motifs is 1. The zero-order valence-electron chi connectivity index (χ0n) is 11.7. The van der Waals surface area contributed by atoms with Crippen molar-refractivity contribution in [3.05, 3.63) is 30.0 Å². The summed E-state index contributed by atoms with van der Waals surface area (Å²) in [5.74, 6) is 0.984. The summed E-state index contributed by atoms with van der Waals surface area (Å²) in [5, 5.41) is 1.23. The summed E-state index contributed by atoms with van der Waals surface area (Å²) in [6.45, 7) is 5.17. The Hall–Kier alpha value is -1.48. The summed E-state index contributed by atoms with van der Waals surface area (Å²) in [7, 11) is 4.20. The van der Waals surface area contributed by atoms with Crippen LogP contribution in [0.4, 0.5) is 0 Å². The van der Waals surface area contributed by atoms with Crippen molar-refractivity contribution in [3.8, 4) is 5.75 Å². The Morgan fingerprint density at radius 3 is 2.72 bits per heavy atom. The highest BCUT2D eigenvalue weighted by atomic mass is 16.5. The lowest BCUT2D eigenvalue weighted by atomic mass is 10.1. The summed E-state index contributed by atoms with van der Waals surface area (Å²) >= 11 is 0. The number of hydrogen-bond donors (Lipinski definition) is 1. The molecule has 18 heavy (non-hydrogen) atoms. The van der Waals surface area contributed by atoms with Crippen molar-refractivity contribution in [1.29, 1.82) is 0 Å². The number of likely N-dealkylation sites (N-methyl/N-ethyl adjacent to an activating group) is 1. The molecule has 0 saturated heterocycles. The number of nitrogens with zero attached hydrogens (tertiary/aromatic N) is 1. The summed E-state index contributed by atoms with van der Waals surface area (Å²) < 4.78 is 5.90. The normalized spacial score (nSPS) is 11.7. The lowest BCUT2D eigenvalue weighted by Crippen LogP contribution is -2.15. The van der Waals surface area contributed by atoms with Crippen LogP contribution in [0.3, 0.4) is 0 Å². The van der Waals surface area contributed by atoms with E-state index in [9.17, 15) is 0 Å². The van der Waals surface area contributed by atoms with Crippen LogP contribution >= 0.6 is 0 Å². The Morgan fingerprint density at radius 2 is 2.06 bits per heavy atom. The number of aromatic nitrogens is 1. The molecule has 2 aromatic rings. The minimum atomic E-state index is 0.201. The van der Waals surface area contributed by atoms with Gasteiger partial charge in [-0.05, 0) is 52.1 Å². The molecule has 1 aromatic carbocycles. The van der Waals surface area contributed by atoms with Gasteiger partial charge in [0.2, 0.25) is 0 Å². The van der Waals surface area contributed by atoms with Crippen molar-refractivity contribution in [1.82, 2.24) is 9.88 Å². The maximum Gasteiger partial charge on any atom is 0.129 e. The zero-order valence-corrected chi connectivity index (χ0v) is 11.7. The molecule has 3 nitrogen and oxygen atoms in total. The molecular formula is C15H22N2O. The highest BCUT2D eigenvalue weighted by Crippen LogP contribution is 2.29. The molecule has 0 aliphatic rings. The predicted molar refractivity (Wildman–Crippen MR) is 76.3 cm³/mol. The second-order valence-electron chi connectivity index (χ2n) is 5.21. The van der Waals surface area contributed by atoms with Crippen LogP contribution in [0.1, 0.15) is 19.4 Å². The molecule has 0 aliphatic heterocycles. The fourth-order valence-electron chi connectivity index (χ4n) is 2.11. The Balaban J connectivity index is 2.35. The fourth-order valence-corrected chi connectivity index (χ4v) is 2.11. The summed E-state index contributed by atoms with van der Waals surface area (Å²) in [6, 6.07) is 6.18. The molecule has 0 bridgehead atoms. The Morgan fingerprint density at radius 1 is 1.28 bits per heavy atom. The molecule has 0 unspecified atom stereocenters. The smallest absolute Gasteiger partial charge is 0.129 e. The third kappa shape index (κ3) is 2.85. The Labute approximate surface area is 109 Å². The Kier molecular flexibility index (Phi) is 3.92. The van der Waals surface area contributed by atoms with Gasteiger partial charge in [-0.2, -0.15) is 0 Å². The van der Waals surface area contributed by atoms with Gasteiger partial charge in [0, 0.05) is 23.6 Å². The van der Waals surface area contributed by atoms with E-state index in [4.69, 9.17) is 4.74 Å². The molecule has 1 N–H and O–H groups in total. The van der Waals surface area contributed by atoms with Crippen LogP contribution in [0.2, 0.25) is 0 Å². The van der Waals surface area contributed by atoms with Crippen molar-refractivity contribution in [2.75, 3.05) is 20.6 Å². The van der Waals surface area contributed by atoms with Crippen LogP contribution in [0.15, 0.2) is 24.4 Å². The Bertz CT molecular complexity index is 514. The number of ether oxygens (including phenoxy) is 1. The minimum Gasteiger partial charge on any atom is -0.490 e. The average Bonchev–Trinajstić information content (AvgIpc) is 2.70. The molecule has 0 spiro atoms. The number of H-pyrrole nitrogens is 1. The van der Waals surface area contributed by atoms with Gasteiger partial charge in [-0.25, -0.2) is 0 Å². The first-order valence-corrected chi connectivity index (χ1v) is 6.48. The van der Waals surface area contributed by atoms with Gasteiger partial charge in [-0.3, -0.25) is 0 Å². The minimum absolute atomic E-state index is 0.201. The second-order valence-corrected chi connectivity index (χ2v) is 5.21. The van der Waals surface area contributed by atoms with Crippen molar-refractivity contribution >= 4 is 10.9 Å². The molecule has 0 saturated carbocycles. The third-order valence-corrected chi connectivity index (χ3v) is 2.94. The second kappa shape index (κ2) is 5.44. The van der Waals surface area contributed by atoms with E-state index < -0.39 is 0 Å². The number of nitrogens with one attached hydrogen (secondary N) is 1. The van der Waals surface area contributed by atoms with Crippen LogP contribution in [0.5, 0.6) is 5.75 Å². The maximum atomic E-state index is 5.90. The van der Waals surface area contributed by atoms with E-state index >= 15 is 0 Å². The van der Waals surface area contributed by atoms with Gasteiger partial charge in [-0.15, -0.1) is 0 Å². The summed E-state index contributed by atoms with van der Waals surface area (Å²) in [6.07, 6.45) is 3.33. The van der Waals surface area contributed by atoms with E-state index in [1.807, 2.05) is 6.07 Å². The first-order valence-electron chi connectivity index (χ1n) is 6.48. The van der Waals surface area contributed by atoms with Gasteiger partial charge in [0.15, 0.2) is 0 Å². The molecule has 1 heterocycles. The van der Waals surface area contributed by atoms with Crippen LogP contribution in [0, 0.1) is 0 Å². The van der Waals surface area contributed by atoms with Crippen molar-refractivity contribution < 1.29 is 4.74 Å². The van der Waals surface area contributed by atoms with Crippen molar-refractivity contribution in [3.63, 3.8) is 0 Å². The van der Waals surface area contributed by atoms with Crippen LogP contribution in [-0.2, 0) is 6.42 Å². The highest BCUT2D eigenvalue weighted by Gasteiger charge is 2.10. The van der Waals surface area contributed by atoms with E-state index in [1.54, 1.807) is 0 Å². The van der Waals surface area contributed by atoms with E-state index in [0.29, 0.717) is 0 Å². The van der Waals surface area contributed by atoms with Crippen LogP contribution in [-0.4, -0.2) is 36.6 Å². The predicted octanol–water partition coefficient (Wildman–Crippen LogP) is 3.06. The van der Waals surface area contributed by atoms with Gasteiger partial charge in [0.05, 0.1) is 6.10 Å². The van der Waals surface area contributed by atoms with Gasteiger partial charge >= 0.3 is 0 Å². The quantitative estimate of drug-likeness (QED) is 0.878. The van der Waals surface area contributed by atoms with E-state index in [0.717, 1.165) is 24.2 Å². The third-order valence-electron chi connectivity index (χ3n) is 2.94. The summed E-state index contributed by atoms with van der Waals surface area (Å²) in [5.41, 5.74) is 2.48. The first-order chi connectivity index (χ1) is 8.58. The number of benzene rings is 1. The van der Waals surface area contributed by atoms with Gasteiger partial charge in [0.25, 0.3) is 0 Å². The number of rotatable bonds is 5. The van der Waals surface area contributed by atoms with Gasteiger partial charge < -0.3 is 14.6 Å². The molecule has 98 valence electrons. The average molecular weight is 246 g/mol. The lowest BCUT2D eigenvalue weighted by molar-refractivity contribution is 0.245. The number of aromatic amines is 1. The SMILES string of the molecule is CC(C)Oc1cccc2[nH]cc(CCN(C)C)c12. The molecule has 0 aliphatic carbocycles. The topological polar surface area (TPSA) is 28.3 Å². The van der Waals surface area contributed by atoms with Gasteiger partial charge in [0.1, 0.15) is 5.75 Å². The standard InChI is InChI=1S/C15H22N2O/c1-11(2)18-14-7-5-6-13-15(14)12(10-16-13)8-9-17(3)4/h5-7,10-11,16H,8-9H2,1-4H3. The maximum absolute atomic E-state index is 5.90. The van der Waals surface area contributed by atoms with Crippen molar-refractivity contribution in [2.45, 2.75) is 26.4 Å². The largest absolute Gasteiger partial charge is 0.490 e. The zero-order chi connectivity index (χ0) is 13.1. The van der Waals surface area contributed by atoms with E-state index in [1.165, 1.54) is 10.9 Å². The van der Waals surface area contributed by atoms with Crippen LogP contribution < -0.4 is 4.74 Å². The van der Waals surface area contributed by atoms with Crippen molar-refractivity contribution in [2.24, 2.45) is 0 Å². The number of hydrogen-bond acceptors (Lipinski definition) is 2. The fraction of sp³-hybridized carbons (Fsp3) is 0.467. The molecular weight excluding hydrogens is 224 g/mol. The van der Waals surface area contributed by atoms with Gasteiger partial charge in [-0.1, -0.05) is 6.07 Å². The molecule has 1 aromatic heterocycles. The van der Waals surface area contributed by atoms with E-state index in [-0.39, 0.29) is 6.10 Å². The molecule has 0 atom stereocenters. The first kappa shape index (κ1) is 13.0. The summed E-state index contributed by atoms with van der Waals surface area (Å²) in [4.78, 5) is 5.53.